The molecule has 3 fully saturated rings. The minimum Gasteiger partial charge on any atom is -0.444 e. The van der Waals surface area contributed by atoms with Gasteiger partial charge in [-0.05, 0) is 60.0 Å². The third kappa shape index (κ3) is 2.95. The van der Waals surface area contributed by atoms with Crippen molar-refractivity contribution >= 4 is 6.09 Å². The molecule has 6 rings (SSSR count). The second kappa shape index (κ2) is 6.56. The third-order valence-corrected chi connectivity index (χ3v) is 5.94. The van der Waals surface area contributed by atoms with E-state index < -0.39 is 6.04 Å². The van der Waals surface area contributed by atoms with E-state index in [9.17, 15) is 9.18 Å². The highest BCUT2D eigenvalue weighted by Gasteiger charge is 2.40. The lowest BCUT2D eigenvalue weighted by Gasteiger charge is -2.45. The van der Waals surface area contributed by atoms with E-state index in [-0.39, 0.29) is 18.0 Å². The molecule has 0 N–H and O–H groups in total. The number of rotatable bonds is 2. The fourth-order valence-electron chi connectivity index (χ4n) is 4.45. The number of hydrogen-bond acceptors (Lipinski definition) is 6. The van der Waals surface area contributed by atoms with Crippen molar-refractivity contribution < 1.29 is 13.9 Å². The Labute approximate surface area is 155 Å². The fraction of sp³-hybridized carbons (Fsp3) is 0.556. The quantitative estimate of drug-likeness (QED) is 0.794. The number of fused-ring (bicyclic) bond motifs is 4. The number of benzene rings is 1. The van der Waals surface area contributed by atoms with Gasteiger partial charge in [0.25, 0.3) is 0 Å². The summed E-state index contributed by atoms with van der Waals surface area (Å²) < 4.78 is 21.0. The van der Waals surface area contributed by atoms with Crippen LogP contribution in [0.25, 0.3) is 0 Å². The first kappa shape index (κ1) is 16.6. The van der Waals surface area contributed by atoms with Crippen LogP contribution in [0.5, 0.6) is 0 Å². The highest BCUT2D eigenvalue weighted by atomic mass is 19.1. The van der Waals surface area contributed by atoms with Gasteiger partial charge in [0.15, 0.2) is 5.82 Å². The van der Waals surface area contributed by atoms with Crippen LogP contribution in [-0.4, -0.2) is 68.4 Å². The number of aromatic nitrogens is 4. The Morgan fingerprint density at radius 3 is 2.59 bits per heavy atom. The maximum atomic E-state index is 13.4. The van der Waals surface area contributed by atoms with Gasteiger partial charge in [-0.25, -0.2) is 13.9 Å². The lowest BCUT2D eigenvalue weighted by molar-refractivity contribution is -0.0476. The molecule has 4 aliphatic heterocycles. The Hall–Kier alpha value is -2.55. The van der Waals surface area contributed by atoms with Crippen molar-refractivity contribution in [2.45, 2.75) is 31.5 Å². The monoisotopic (exact) mass is 372 g/mol. The maximum Gasteiger partial charge on any atom is 0.411 e. The molecule has 2 atom stereocenters. The number of carbonyl (C=O) groups is 1. The SMILES string of the molecule is O=C(O[C@H]1CN2CCC1CC2)N1CCn2nnnc2C1c1ccc(F)cc1. The van der Waals surface area contributed by atoms with Gasteiger partial charge >= 0.3 is 6.09 Å². The average molecular weight is 372 g/mol. The first-order valence-electron chi connectivity index (χ1n) is 9.40. The predicted octanol–water partition coefficient (Wildman–Crippen LogP) is 1.45. The first-order chi connectivity index (χ1) is 13.2. The highest BCUT2D eigenvalue weighted by molar-refractivity contribution is 5.69. The molecule has 27 heavy (non-hydrogen) atoms. The largest absolute Gasteiger partial charge is 0.444 e. The van der Waals surface area contributed by atoms with Crippen LogP contribution in [0.15, 0.2) is 24.3 Å². The van der Waals surface area contributed by atoms with E-state index in [0.717, 1.165) is 38.0 Å². The Morgan fingerprint density at radius 2 is 1.89 bits per heavy atom. The molecular weight excluding hydrogens is 351 g/mol. The van der Waals surface area contributed by atoms with Crippen molar-refractivity contribution in [1.29, 1.82) is 0 Å². The van der Waals surface area contributed by atoms with Crippen LogP contribution >= 0.6 is 0 Å². The van der Waals surface area contributed by atoms with Gasteiger partial charge in [0.2, 0.25) is 0 Å². The maximum absolute atomic E-state index is 13.4. The summed E-state index contributed by atoms with van der Waals surface area (Å²) in [5.41, 5.74) is 0.762. The van der Waals surface area contributed by atoms with E-state index in [1.807, 2.05) is 0 Å². The van der Waals surface area contributed by atoms with Crippen LogP contribution in [0.2, 0.25) is 0 Å². The molecule has 2 aromatic rings. The van der Waals surface area contributed by atoms with Crippen LogP contribution in [0.4, 0.5) is 9.18 Å². The van der Waals surface area contributed by atoms with Crippen molar-refractivity contribution in [2.75, 3.05) is 26.2 Å². The van der Waals surface area contributed by atoms with Crippen LogP contribution in [0.3, 0.4) is 0 Å². The van der Waals surface area contributed by atoms with Gasteiger partial charge in [0.1, 0.15) is 18.0 Å². The Balaban J connectivity index is 1.41. The van der Waals surface area contributed by atoms with E-state index in [1.165, 1.54) is 12.1 Å². The van der Waals surface area contributed by atoms with Crippen LogP contribution in [0, 0.1) is 11.7 Å². The molecule has 5 heterocycles. The van der Waals surface area contributed by atoms with Gasteiger partial charge in [0.05, 0.1) is 6.54 Å². The number of tetrazole rings is 1. The summed E-state index contributed by atoms with van der Waals surface area (Å²) >= 11 is 0. The first-order valence-corrected chi connectivity index (χ1v) is 9.40. The molecule has 8 nitrogen and oxygen atoms in total. The summed E-state index contributed by atoms with van der Waals surface area (Å²) in [5, 5.41) is 11.8. The molecule has 1 amide bonds. The number of ether oxygens (including phenoxy) is 1. The van der Waals surface area contributed by atoms with Crippen molar-refractivity contribution in [2.24, 2.45) is 5.92 Å². The molecule has 1 aromatic carbocycles. The second-order valence-corrected chi connectivity index (χ2v) is 7.47. The second-order valence-electron chi connectivity index (χ2n) is 7.47. The zero-order valence-corrected chi connectivity index (χ0v) is 14.9. The summed E-state index contributed by atoms with van der Waals surface area (Å²) in [5.74, 6) is 0.688. The molecule has 0 saturated carbocycles. The normalized spacial score (nSPS) is 29.4. The smallest absolute Gasteiger partial charge is 0.411 e. The molecule has 0 radical (unpaired) electrons. The number of halogens is 1. The molecule has 0 spiro atoms. The number of amides is 1. The van der Waals surface area contributed by atoms with Crippen LogP contribution in [0.1, 0.15) is 30.3 Å². The van der Waals surface area contributed by atoms with Gasteiger partial charge in [-0.1, -0.05) is 12.1 Å². The Kier molecular flexibility index (Phi) is 4.04. The zero-order chi connectivity index (χ0) is 18.4. The number of carbonyl (C=O) groups excluding carboxylic acids is 1. The number of piperidine rings is 3. The van der Waals surface area contributed by atoms with Crippen molar-refractivity contribution in [3.8, 4) is 0 Å². The molecule has 142 valence electrons. The van der Waals surface area contributed by atoms with Gasteiger partial charge in [0, 0.05) is 13.1 Å². The van der Waals surface area contributed by atoms with Gasteiger partial charge in [-0.2, -0.15) is 0 Å². The van der Waals surface area contributed by atoms with Crippen molar-refractivity contribution in [1.82, 2.24) is 30.0 Å². The van der Waals surface area contributed by atoms with E-state index in [4.69, 9.17) is 4.74 Å². The Bertz CT molecular complexity index is 833. The van der Waals surface area contributed by atoms with E-state index in [2.05, 4.69) is 20.4 Å². The summed E-state index contributed by atoms with van der Waals surface area (Å²) in [6.07, 6.45) is 1.75. The summed E-state index contributed by atoms with van der Waals surface area (Å²) in [6, 6.07) is 5.62. The molecule has 0 aliphatic carbocycles. The summed E-state index contributed by atoms with van der Waals surface area (Å²) in [6.45, 7) is 3.95. The molecule has 4 aliphatic rings. The molecular formula is C18H21FN6O2. The molecule has 2 bridgehead atoms. The molecule has 1 aromatic heterocycles. The molecule has 1 unspecified atom stereocenters. The summed E-state index contributed by atoms with van der Waals surface area (Å²) in [7, 11) is 0. The predicted molar refractivity (Wildman–Crippen MR) is 92.2 cm³/mol. The van der Waals surface area contributed by atoms with E-state index >= 15 is 0 Å². The minimum absolute atomic E-state index is 0.0632. The van der Waals surface area contributed by atoms with Crippen molar-refractivity contribution in [3.05, 3.63) is 41.5 Å². The number of hydrogen-bond donors (Lipinski definition) is 0. The number of nitrogens with zero attached hydrogens (tertiary/aromatic N) is 6. The minimum atomic E-state index is -0.483. The fourth-order valence-corrected chi connectivity index (χ4v) is 4.45. The standard InChI is InChI=1S/C18H21FN6O2/c19-14-3-1-13(2-4-14)16-17-20-21-22-25(17)10-9-24(16)18(26)27-15-11-23-7-5-12(15)6-8-23/h1-4,12,15-16H,5-11H2/t15-,16?/m0/s1. The van der Waals surface area contributed by atoms with Crippen molar-refractivity contribution in [3.63, 3.8) is 0 Å². The van der Waals surface area contributed by atoms with Crippen LogP contribution in [-0.2, 0) is 11.3 Å². The Morgan fingerprint density at radius 1 is 1.11 bits per heavy atom. The molecule has 3 saturated heterocycles. The average Bonchev–Trinajstić information content (AvgIpc) is 3.18. The van der Waals surface area contributed by atoms with Gasteiger partial charge in [-0.3, -0.25) is 9.80 Å². The lowest BCUT2D eigenvalue weighted by Crippen LogP contribution is -2.53. The van der Waals surface area contributed by atoms with Gasteiger partial charge < -0.3 is 4.74 Å². The summed E-state index contributed by atoms with van der Waals surface area (Å²) in [4.78, 5) is 17.1. The lowest BCUT2D eigenvalue weighted by atomic mass is 9.86. The third-order valence-electron chi connectivity index (χ3n) is 5.94. The topological polar surface area (TPSA) is 76.4 Å². The van der Waals surface area contributed by atoms with Gasteiger partial charge in [-0.15, -0.1) is 5.10 Å². The van der Waals surface area contributed by atoms with E-state index in [1.54, 1.807) is 21.7 Å². The zero-order valence-electron chi connectivity index (χ0n) is 14.9. The highest BCUT2D eigenvalue weighted by Crippen LogP contribution is 2.33. The molecule has 9 heteroatoms. The van der Waals surface area contributed by atoms with E-state index in [0.29, 0.717) is 24.8 Å². The van der Waals surface area contributed by atoms with Crippen LogP contribution < -0.4 is 0 Å².